The van der Waals surface area contributed by atoms with Gasteiger partial charge in [0.15, 0.2) is 0 Å². The summed E-state index contributed by atoms with van der Waals surface area (Å²) in [6.07, 6.45) is -3.51. The highest BCUT2D eigenvalue weighted by Crippen LogP contribution is 2.34. The molecule has 0 aromatic carbocycles. The van der Waals surface area contributed by atoms with Crippen LogP contribution in [0.3, 0.4) is 0 Å². The van der Waals surface area contributed by atoms with Crippen LogP contribution in [0.4, 0.5) is 13.2 Å². The second-order valence-electron chi connectivity index (χ2n) is 5.13. The number of alkyl halides is 3. The highest BCUT2D eigenvalue weighted by atomic mass is 19.4. The lowest BCUT2D eigenvalue weighted by molar-refractivity contribution is -0.186. The average molecular weight is 252 g/mol. The average Bonchev–Trinajstić information content (AvgIpc) is 2.27. The summed E-state index contributed by atoms with van der Waals surface area (Å²) >= 11 is 0. The normalized spacial score (nSPS) is 23.6. The first kappa shape index (κ1) is 14.8. The van der Waals surface area contributed by atoms with Crippen molar-refractivity contribution in [3.05, 3.63) is 0 Å². The molecule has 1 aliphatic rings. The van der Waals surface area contributed by atoms with E-state index in [-0.39, 0.29) is 12.8 Å². The predicted octanol–water partition coefficient (Wildman–Crippen LogP) is 2.50. The lowest BCUT2D eigenvalue weighted by atomic mass is 9.93. The Morgan fingerprint density at radius 3 is 2.18 bits per heavy atom. The number of likely N-dealkylation sites (tertiary alicyclic amines) is 1. The molecule has 17 heavy (non-hydrogen) atoms. The van der Waals surface area contributed by atoms with Crippen LogP contribution in [-0.4, -0.2) is 43.8 Å². The molecule has 102 valence electrons. The first-order chi connectivity index (χ1) is 7.86. The molecule has 2 unspecified atom stereocenters. The fourth-order valence-corrected chi connectivity index (χ4v) is 2.49. The molecule has 1 aliphatic heterocycles. The number of hydrogen-bond donors (Lipinski definition) is 1. The zero-order chi connectivity index (χ0) is 13.1. The van der Waals surface area contributed by atoms with Gasteiger partial charge in [-0.15, -0.1) is 0 Å². The second-order valence-corrected chi connectivity index (χ2v) is 5.13. The van der Waals surface area contributed by atoms with E-state index < -0.39 is 12.1 Å². The van der Waals surface area contributed by atoms with Crippen LogP contribution in [0.5, 0.6) is 0 Å². The van der Waals surface area contributed by atoms with Gasteiger partial charge < -0.3 is 10.2 Å². The van der Waals surface area contributed by atoms with E-state index in [0.717, 1.165) is 6.54 Å². The third kappa shape index (κ3) is 4.14. The van der Waals surface area contributed by atoms with Crippen LogP contribution in [-0.2, 0) is 0 Å². The van der Waals surface area contributed by atoms with Crippen molar-refractivity contribution in [2.24, 2.45) is 11.8 Å². The van der Waals surface area contributed by atoms with E-state index in [1.54, 1.807) is 0 Å². The summed E-state index contributed by atoms with van der Waals surface area (Å²) in [6.45, 7) is 6.28. The maximum absolute atomic E-state index is 12.5. The molecule has 1 N–H and O–H groups in total. The molecule has 0 spiro atoms. The minimum absolute atomic E-state index is 0.250. The number of nitrogens with one attached hydrogen (secondary N) is 1. The Morgan fingerprint density at radius 1 is 1.24 bits per heavy atom. The Hall–Kier alpha value is -0.290. The summed E-state index contributed by atoms with van der Waals surface area (Å²) in [7, 11) is 1.90. The Morgan fingerprint density at radius 2 is 1.76 bits per heavy atom. The van der Waals surface area contributed by atoms with Crippen LogP contribution in [0.15, 0.2) is 0 Å². The summed E-state index contributed by atoms with van der Waals surface area (Å²) in [4.78, 5) is 2.18. The quantitative estimate of drug-likeness (QED) is 0.827. The summed E-state index contributed by atoms with van der Waals surface area (Å²) in [6, 6.07) is 0.344. The highest BCUT2D eigenvalue weighted by molar-refractivity contribution is 4.82. The first-order valence-corrected chi connectivity index (χ1v) is 6.31. The largest absolute Gasteiger partial charge is 0.391 e. The van der Waals surface area contributed by atoms with E-state index >= 15 is 0 Å². The molecular formula is C12H23F3N2. The summed E-state index contributed by atoms with van der Waals surface area (Å²) in [5.74, 6) is -0.631. The molecule has 0 amide bonds. The third-order valence-corrected chi connectivity index (χ3v) is 3.92. The maximum Gasteiger partial charge on any atom is 0.391 e. The van der Waals surface area contributed by atoms with Crippen molar-refractivity contribution in [3.8, 4) is 0 Å². The Balaban J connectivity index is 2.41. The summed E-state index contributed by atoms with van der Waals surface area (Å²) in [5, 5.41) is 3.11. The number of piperidine rings is 1. The van der Waals surface area contributed by atoms with Crippen LogP contribution in [0.2, 0.25) is 0 Å². The Labute approximate surface area is 102 Å². The van der Waals surface area contributed by atoms with Gasteiger partial charge in [0.25, 0.3) is 0 Å². The van der Waals surface area contributed by atoms with E-state index in [1.165, 1.54) is 0 Å². The van der Waals surface area contributed by atoms with Crippen LogP contribution in [0, 0.1) is 11.8 Å². The first-order valence-electron chi connectivity index (χ1n) is 6.31. The van der Waals surface area contributed by atoms with Crippen molar-refractivity contribution in [1.29, 1.82) is 0 Å². The van der Waals surface area contributed by atoms with Gasteiger partial charge >= 0.3 is 6.18 Å². The molecule has 2 nitrogen and oxygen atoms in total. The predicted molar refractivity (Wildman–Crippen MR) is 62.9 cm³/mol. The van der Waals surface area contributed by atoms with Gasteiger partial charge in [0, 0.05) is 6.04 Å². The molecule has 0 aromatic heterocycles. The minimum Gasteiger partial charge on any atom is -0.319 e. The molecule has 0 radical (unpaired) electrons. The van der Waals surface area contributed by atoms with Crippen LogP contribution >= 0.6 is 0 Å². The van der Waals surface area contributed by atoms with Gasteiger partial charge in [-0.3, -0.25) is 0 Å². The lowest BCUT2D eigenvalue weighted by Gasteiger charge is -2.39. The number of hydrogen-bond acceptors (Lipinski definition) is 2. The summed E-state index contributed by atoms with van der Waals surface area (Å²) in [5.41, 5.74) is 0. The van der Waals surface area contributed by atoms with Gasteiger partial charge in [-0.25, -0.2) is 0 Å². The molecule has 1 heterocycles. The lowest BCUT2D eigenvalue weighted by Crippen LogP contribution is -2.46. The molecular weight excluding hydrogens is 229 g/mol. The monoisotopic (exact) mass is 252 g/mol. The molecule has 0 saturated carbocycles. The van der Waals surface area contributed by atoms with Crippen molar-refractivity contribution in [2.45, 2.75) is 38.9 Å². The Bertz CT molecular complexity index is 222. The standard InChI is InChI=1S/C12H23F3N2/c1-9(8-16-3)10(2)17-6-4-11(5-7-17)12(13,14)15/h9-11,16H,4-8H2,1-3H3. The van der Waals surface area contributed by atoms with Gasteiger partial charge in [0.05, 0.1) is 5.92 Å². The topological polar surface area (TPSA) is 15.3 Å². The second kappa shape index (κ2) is 6.05. The van der Waals surface area contributed by atoms with E-state index in [4.69, 9.17) is 0 Å². The van der Waals surface area contributed by atoms with Gasteiger partial charge in [-0.05, 0) is 52.4 Å². The number of nitrogens with zero attached hydrogens (tertiary/aromatic N) is 1. The van der Waals surface area contributed by atoms with Crippen molar-refractivity contribution < 1.29 is 13.2 Å². The maximum atomic E-state index is 12.5. The van der Waals surface area contributed by atoms with Crippen LogP contribution < -0.4 is 5.32 Å². The van der Waals surface area contributed by atoms with Crippen molar-refractivity contribution in [3.63, 3.8) is 0 Å². The minimum atomic E-state index is -4.01. The third-order valence-electron chi connectivity index (χ3n) is 3.92. The van der Waals surface area contributed by atoms with Gasteiger partial charge in [0.1, 0.15) is 0 Å². The van der Waals surface area contributed by atoms with Crippen LogP contribution in [0.1, 0.15) is 26.7 Å². The molecule has 2 atom stereocenters. The number of halogens is 3. The van der Waals surface area contributed by atoms with Gasteiger partial charge in [0.2, 0.25) is 0 Å². The van der Waals surface area contributed by atoms with E-state index in [2.05, 4.69) is 24.1 Å². The SMILES string of the molecule is CNCC(C)C(C)N1CCC(C(F)(F)F)CC1. The van der Waals surface area contributed by atoms with E-state index in [0.29, 0.717) is 25.0 Å². The van der Waals surface area contributed by atoms with Crippen molar-refractivity contribution >= 4 is 0 Å². The molecule has 1 rings (SSSR count). The van der Waals surface area contributed by atoms with Crippen molar-refractivity contribution in [1.82, 2.24) is 10.2 Å². The van der Waals surface area contributed by atoms with Crippen molar-refractivity contribution in [2.75, 3.05) is 26.7 Å². The molecule has 5 heteroatoms. The molecule has 0 aromatic rings. The van der Waals surface area contributed by atoms with Gasteiger partial charge in [-0.2, -0.15) is 13.2 Å². The molecule has 1 fully saturated rings. The Kier molecular flexibility index (Phi) is 5.25. The smallest absolute Gasteiger partial charge is 0.319 e. The highest BCUT2D eigenvalue weighted by Gasteiger charge is 2.41. The number of rotatable bonds is 4. The fourth-order valence-electron chi connectivity index (χ4n) is 2.49. The zero-order valence-electron chi connectivity index (χ0n) is 10.8. The molecule has 0 bridgehead atoms. The molecule has 1 saturated heterocycles. The summed E-state index contributed by atoms with van der Waals surface area (Å²) < 4.78 is 37.6. The van der Waals surface area contributed by atoms with E-state index in [1.807, 2.05) is 7.05 Å². The molecule has 0 aliphatic carbocycles. The fraction of sp³-hybridized carbons (Fsp3) is 1.00. The van der Waals surface area contributed by atoms with E-state index in [9.17, 15) is 13.2 Å². The van der Waals surface area contributed by atoms with Gasteiger partial charge in [-0.1, -0.05) is 6.92 Å². The zero-order valence-corrected chi connectivity index (χ0v) is 10.8. The van der Waals surface area contributed by atoms with Crippen LogP contribution in [0.25, 0.3) is 0 Å².